The van der Waals surface area contributed by atoms with Gasteiger partial charge in [0.25, 0.3) is 5.69 Å². The number of pyridine rings is 1. The third-order valence-corrected chi connectivity index (χ3v) is 2.90. The molecule has 6 heteroatoms. The van der Waals surface area contributed by atoms with E-state index in [9.17, 15) is 14.9 Å². The highest BCUT2D eigenvalue weighted by Gasteiger charge is 2.20. The van der Waals surface area contributed by atoms with Crippen molar-refractivity contribution in [2.45, 2.75) is 19.8 Å². The number of hydrogen-bond donors (Lipinski definition) is 0. The maximum absolute atomic E-state index is 11.1. The number of Topliss-reactive ketones (excluding diaryl/α,β-unsaturated/α-hetero) is 1. The Morgan fingerprint density at radius 3 is 2.65 bits per heavy atom. The van der Waals surface area contributed by atoms with Crippen molar-refractivity contribution in [3.63, 3.8) is 0 Å². The summed E-state index contributed by atoms with van der Waals surface area (Å²) >= 11 is 0. The molecule has 0 N–H and O–H groups in total. The van der Waals surface area contributed by atoms with E-state index in [1.165, 1.54) is 12.3 Å². The SMILES string of the molecule is Cc1cnc(N2CCC(=O)CC2)cc1[N+](=O)[O-]. The molecule has 2 rings (SSSR count). The summed E-state index contributed by atoms with van der Waals surface area (Å²) in [4.78, 5) is 27.6. The second-order valence-corrected chi connectivity index (χ2v) is 4.11. The van der Waals surface area contributed by atoms with Gasteiger partial charge in [-0.1, -0.05) is 0 Å². The number of carbonyl (C=O) groups excluding carboxylic acids is 1. The predicted octanol–water partition coefficient (Wildman–Crippen LogP) is 1.47. The standard InChI is InChI=1S/C11H13N3O3/c1-8-7-12-11(6-10(8)14(16)17)13-4-2-9(15)3-5-13/h6-7H,2-5H2,1H3. The fourth-order valence-electron chi connectivity index (χ4n) is 1.86. The maximum atomic E-state index is 11.1. The number of aryl methyl sites for hydroxylation is 1. The molecule has 0 amide bonds. The van der Waals surface area contributed by atoms with Crippen molar-refractivity contribution in [3.8, 4) is 0 Å². The van der Waals surface area contributed by atoms with Crippen LogP contribution in [0.5, 0.6) is 0 Å². The molecule has 1 aromatic rings. The quantitative estimate of drug-likeness (QED) is 0.573. The molecule has 0 atom stereocenters. The summed E-state index contributed by atoms with van der Waals surface area (Å²) in [6.45, 7) is 2.84. The second-order valence-electron chi connectivity index (χ2n) is 4.11. The molecule has 2 heterocycles. The van der Waals surface area contributed by atoms with Crippen LogP contribution in [0.25, 0.3) is 0 Å². The molecule has 0 radical (unpaired) electrons. The minimum Gasteiger partial charge on any atom is -0.356 e. The van der Waals surface area contributed by atoms with Gasteiger partial charge in [0, 0.05) is 37.7 Å². The Labute approximate surface area is 98.4 Å². The van der Waals surface area contributed by atoms with Gasteiger partial charge in [-0.3, -0.25) is 14.9 Å². The van der Waals surface area contributed by atoms with Gasteiger partial charge in [0.15, 0.2) is 0 Å². The first-order valence-corrected chi connectivity index (χ1v) is 5.45. The number of piperidine rings is 1. The van der Waals surface area contributed by atoms with Crippen LogP contribution in [0.15, 0.2) is 12.3 Å². The molecule has 1 aromatic heterocycles. The predicted molar refractivity (Wildman–Crippen MR) is 62.1 cm³/mol. The third-order valence-electron chi connectivity index (χ3n) is 2.90. The molecule has 0 bridgehead atoms. The van der Waals surface area contributed by atoms with Crippen LogP contribution in [0.3, 0.4) is 0 Å². The summed E-state index contributed by atoms with van der Waals surface area (Å²) in [6, 6.07) is 1.48. The van der Waals surface area contributed by atoms with Crippen molar-refractivity contribution < 1.29 is 9.72 Å². The molecule has 0 aromatic carbocycles. The first kappa shape index (κ1) is 11.5. The molecule has 1 aliphatic rings. The van der Waals surface area contributed by atoms with E-state index in [-0.39, 0.29) is 11.5 Å². The van der Waals surface area contributed by atoms with E-state index >= 15 is 0 Å². The zero-order chi connectivity index (χ0) is 12.4. The molecular formula is C11H13N3O3. The van der Waals surface area contributed by atoms with E-state index < -0.39 is 4.92 Å². The largest absolute Gasteiger partial charge is 0.356 e. The first-order chi connectivity index (χ1) is 8.08. The average Bonchev–Trinajstić information content (AvgIpc) is 2.30. The van der Waals surface area contributed by atoms with E-state index in [0.717, 1.165) is 0 Å². The van der Waals surface area contributed by atoms with Crippen LogP contribution in [-0.2, 0) is 4.79 Å². The number of carbonyl (C=O) groups is 1. The second kappa shape index (κ2) is 4.48. The number of anilines is 1. The fraction of sp³-hybridized carbons (Fsp3) is 0.455. The Morgan fingerprint density at radius 1 is 1.41 bits per heavy atom. The highest BCUT2D eigenvalue weighted by atomic mass is 16.6. The summed E-state index contributed by atoms with van der Waals surface area (Å²) in [6.07, 6.45) is 2.48. The van der Waals surface area contributed by atoms with Gasteiger partial charge in [-0.05, 0) is 6.92 Å². The molecule has 0 unspecified atom stereocenters. The lowest BCUT2D eigenvalue weighted by atomic mass is 10.1. The van der Waals surface area contributed by atoms with Crippen LogP contribution < -0.4 is 4.90 Å². The van der Waals surface area contributed by atoms with E-state index in [4.69, 9.17) is 0 Å². The topological polar surface area (TPSA) is 76.3 Å². The molecule has 1 fully saturated rings. The Kier molecular flexibility index (Phi) is 3.03. The highest BCUT2D eigenvalue weighted by molar-refractivity contribution is 5.80. The van der Waals surface area contributed by atoms with Gasteiger partial charge in [-0.2, -0.15) is 0 Å². The molecule has 0 saturated carbocycles. The average molecular weight is 235 g/mol. The smallest absolute Gasteiger partial charge is 0.277 e. The number of aromatic nitrogens is 1. The Hall–Kier alpha value is -1.98. The van der Waals surface area contributed by atoms with Gasteiger partial charge < -0.3 is 4.90 Å². The molecule has 0 spiro atoms. The van der Waals surface area contributed by atoms with Gasteiger partial charge in [0.2, 0.25) is 0 Å². The van der Waals surface area contributed by atoms with Crippen LogP contribution in [0.2, 0.25) is 0 Å². The third kappa shape index (κ3) is 2.41. The van der Waals surface area contributed by atoms with Crippen LogP contribution in [0, 0.1) is 17.0 Å². The van der Waals surface area contributed by atoms with E-state index in [2.05, 4.69) is 4.98 Å². The normalized spacial score (nSPS) is 16.1. The van der Waals surface area contributed by atoms with Crippen molar-refractivity contribution in [3.05, 3.63) is 27.9 Å². The lowest BCUT2D eigenvalue weighted by Gasteiger charge is -2.26. The van der Waals surface area contributed by atoms with Gasteiger partial charge in [0.1, 0.15) is 11.6 Å². The summed E-state index contributed by atoms with van der Waals surface area (Å²) in [5.74, 6) is 0.817. The molecule has 1 saturated heterocycles. The zero-order valence-electron chi connectivity index (χ0n) is 9.55. The molecule has 90 valence electrons. The molecule has 6 nitrogen and oxygen atoms in total. The summed E-state index contributed by atoms with van der Waals surface area (Å²) in [7, 11) is 0. The summed E-state index contributed by atoms with van der Waals surface area (Å²) in [5, 5.41) is 10.8. The summed E-state index contributed by atoms with van der Waals surface area (Å²) in [5.41, 5.74) is 0.624. The molecule has 0 aliphatic carbocycles. The van der Waals surface area contributed by atoms with E-state index in [1.807, 2.05) is 4.90 Å². The van der Waals surface area contributed by atoms with Crippen LogP contribution in [0.1, 0.15) is 18.4 Å². The maximum Gasteiger partial charge on any atom is 0.277 e. The van der Waals surface area contributed by atoms with Gasteiger partial charge in [-0.25, -0.2) is 4.98 Å². The highest BCUT2D eigenvalue weighted by Crippen LogP contribution is 2.23. The van der Waals surface area contributed by atoms with Crippen molar-refractivity contribution in [1.29, 1.82) is 0 Å². The van der Waals surface area contributed by atoms with Gasteiger partial charge in [-0.15, -0.1) is 0 Å². The first-order valence-electron chi connectivity index (χ1n) is 5.45. The van der Waals surface area contributed by atoms with Crippen LogP contribution >= 0.6 is 0 Å². The van der Waals surface area contributed by atoms with Crippen LogP contribution in [0.4, 0.5) is 11.5 Å². The number of ketones is 1. The van der Waals surface area contributed by atoms with Crippen LogP contribution in [-0.4, -0.2) is 28.8 Å². The zero-order valence-corrected chi connectivity index (χ0v) is 9.55. The fourth-order valence-corrected chi connectivity index (χ4v) is 1.86. The van der Waals surface area contributed by atoms with Crippen molar-refractivity contribution in [1.82, 2.24) is 4.98 Å². The minimum atomic E-state index is -0.407. The van der Waals surface area contributed by atoms with E-state index in [1.54, 1.807) is 6.92 Å². The Bertz CT molecular complexity index is 463. The van der Waals surface area contributed by atoms with Gasteiger partial charge >= 0.3 is 0 Å². The van der Waals surface area contributed by atoms with E-state index in [0.29, 0.717) is 37.3 Å². The van der Waals surface area contributed by atoms with Gasteiger partial charge in [0.05, 0.1) is 11.0 Å². The number of hydrogen-bond acceptors (Lipinski definition) is 5. The molecule has 1 aliphatic heterocycles. The Balaban J connectivity index is 2.24. The van der Waals surface area contributed by atoms with Crippen molar-refractivity contribution >= 4 is 17.3 Å². The summed E-state index contributed by atoms with van der Waals surface area (Å²) < 4.78 is 0. The van der Waals surface area contributed by atoms with Crippen molar-refractivity contribution in [2.24, 2.45) is 0 Å². The Morgan fingerprint density at radius 2 is 2.06 bits per heavy atom. The number of nitro groups is 1. The lowest BCUT2D eigenvalue weighted by Crippen LogP contribution is -2.34. The number of rotatable bonds is 2. The monoisotopic (exact) mass is 235 g/mol. The minimum absolute atomic E-state index is 0.0758. The molecule has 17 heavy (non-hydrogen) atoms. The van der Waals surface area contributed by atoms with Crippen molar-refractivity contribution in [2.75, 3.05) is 18.0 Å². The molecular weight excluding hydrogens is 222 g/mol. The number of nitrogens with zero attached hydrogens (tertiary/aromatic N) is 3. The lowest BCUT2D eigenvalue weighted by molar-refractivity contribution is -0.385.